The Labute approximate surface area is 82.7 Å². The van der Waals surface area contributed by atoms with Crippen LogP contribution in [0, 0.1) is 0 Å². The summed E-state index contributed by atoms with van der Waals surface area (Å²) in [5.74, 6) is 0.0712. The average molecular weight is 192 g/mol. The number of rotatable bonds is 3. The Morgan fingerprint density at radius 2 is 2.07 bits per heavy atom. The molecular weight excluding hydrogens is 180 g/mol. The quantitative estimate of drug-likeness (QED) is 0.419. The van der Waals surface area contributed by atoms with Crippen LogP contribution in [-0.4, -0.2) is 11.8 Å². The molecule has 0 amide bonds. The smallest absolute Gasteiger partial charge is 0.308 e. The second-order valence-electron chi connectivity index (χ2n) is 2.90. The van der Waals surface area contributed by atoms with Gasteiger partial charge in [-0.3, -0.25) is 9.59 Å². The van der Waals surface area contributed by atoms with E-state index in [-0.39, 0.29) is 11.8 Å². The van der Waals surface area contributed by atoms with Crippen molar-refractivity contribution < 1.29 is 14.3 Å². The van der Waals surface area contributed by atoms with Crippen LogP contribution in [0.4, 0.5) is 0 Å². The highest BCUT2D eigenvalue weighted by molar-refractivity contribution is 5.96. The Balaban J connectivity index is 2.89. The molecule has 0 aromatic heterocycles. The molecule has 0 spiro atoms. The normalized spacial score (nSPS) is 9.57. The monoisotopic (exact) mass is 192 g/mol. The van der Waals surface area contributed by atoms with Gasteiger partial charge >= 0.3 is 5.97 Å². The number of Topliss-reactive ketones (excluding diaryl/α,β-unsaturated/α-hetero) is 1. The van der Waals surface area contributed by atoms with E-state index in [1.807, 2.05) is 0 Å². The summed E-state index contributed by atoms with van der Waals surface area (Å²) in [4.78, 5) is 22.0. The molecule has 0 radical (unpaired) electrons. The number of carbonyl (C=O) groups excluding carboxylic acids is 2. The molecule has 0 aliphatic heterocycles. The van der Waals surface area contributed by atoms with E-state index in [1.54, 1.807) is 31.2 Å². The van der Waals surface area contributed by atoms with Crippen molar-refractivity contribution in [2.24, 2.45) is 0 Å². The van der Waals surface area contributed by atoms with Crippen LogP contribution in [0.3, 0.4) is 0 Å². The number of hydrogen-bond acceptors (Lipinski definition) is 3. The summed E-state index contributed by atoms with van der Waals surface area (Å²) in [5, 5.41) is 0. The van der Waals surface area contributed by atoms with Gasteiger partial charge in [0.1, 0.15) is 5.75 Å². The number of ketones is 1. The fourth-order valence-corrected chi connectivity index (χ4v) is 1.10. The number of hydrogen-bond donors (Lipinski definition) is 0. The van der Waals surface area contributed by atoms with Gasteiger partial charge in [0.15, 0.2) is 5.78 Å². The number of benzene rings is 1. The fourth-order valence-electron chi connectivity index (χ4n) is 1.10. The summed E-state index contributed by atoms with van der Waals surface area (Å²) >= 11 is 0. The van der Waals surface area contributed by atoms with Gasteiger partial charge in [-0.1, -0.05) is 19.1 Å². The summed E-state index contributed by atoms with van der Waals surface area (Å²) in [6.45, 7) is 3.12. The minimum absolute atomic E-state index is 0.0407. The standard InChI is InChI=1S/C11H12O3/c1-3-11(13)9-5-4-6-10(7-9)14-8(2)12/h4-7H,3H2,1-2H3. The Hall–Kier alpha value is -1.64. The second kappa shape index (κ2) is 4.56. The predicted molar refractivity (Wildman–Crippen MR) is 52.4 cm³/mol. The zero-order valence-corrected chi connectivity index (χ0v) is 8.24. The van der Waals surface area contributed by atoms with Crippen molar-refractivity contribution in [2.45, 2.75) is 20.3 Å². The molecule has 3 heteroatoms. The topological polar surface area (TPSA) is 43.4 Å². The predicted octanol–water partition coefficient (Wildman–Crippen LogP) is 2.20. The fraction of sp³-hybridized carbons (Fsp3) is 0.273. The Morgan fingerprint density at radius 1 is 1.36 bits per heavy atom. The lowest BCUT2D eigenvalue weighted by atomic mass is 10.1. The van der Waals surface area contributed by atoms with Gasteiger partial charge in [0.2, 0.25) is 0 Å². The SMILES string of the molecule is CCC(=O)c1cccc(OC(C)=O)c1. The van der Waals surface area contributed by atoms with Crippen molar-refractivity contribution in [3.05, 3.63) is 29.8 Å². The highest BCUT2D eigenvalue weighted by Crippen LogP contribution is 2.14. The molecule has 0 atom stereocenters. The van der Waals surface area contributed by atoms with Gasteiger partial charge in [-0.25, -0.2) is 0 Å². The first-order valence-corrected chi connectivity index (χ1v) is 4.45. The van der Waals surface area contributed by atoms with Gasteiger partial charge in [0.05, 0.1) is 0 Å². The maximum atomic E-state index is 11.3. The number of ether oxygens (including phenoxy) is 1. The molecule has 1 rings (SSSR count). The third-order valence-electron chi connectivity index (χ3n) is 1.74. The molecule has 0 saturated carbocycles. The van der Waals surface area contributed by atoms with E-state index in [4.69, 9.17) is 4.74 Å². The van der Waals surface area contributed by atoms with E-state index in [0.29, 0.717) is 17.7 Å². The van der Waals surface area contributed by atoms with Crippen LogP contribution in [0.2, 0.25) is 0 Å². The van der Waals surface area contributed by atoms with Crippen molar-refractivity contribution in [3.8, 4) is 5.75 Å². The molecule has 14 heavy (non-hydrogen) atoms. The highest BCUT2D eigenvalue weighted by Gasteiger charge is 2.04. The average Bonchev–Trinajstić information content (AvgIpc) is 2.16. The van der Waals surface area contributed by atoms with Crippen molar-refractivity contribution in [2.75, 3.05) is 0 Å². The first-order chi connectivity index (χ1) is 6.63. The van der Waals surface area contributed by atoms with E-state index < -0.39 is 0 Å². The molecule has 3 nitrogen and oxygen atoms in total. The van der Waals surface area contributed by atoms with Gasteiger partial charge in [-0.2, -0.15) is 0 Å². The minimum atomic E-state index is -0.383. The summed E-state index contributed by atoms with van der Waals surface area (Å²) in [5.41, 5.74) is 0.575. The lowest BCUT2D eigenvalue weighted by molar-refractivity contribution is -0.131. The van der Waals surface area contributed by atoms with Crippen LogP contribution >= 0.6 is 0 Å². The molecule has 0 unspecified atom stereocenters. The van der Waals surface area contributed by atoms with Crippen LogP contribution in [0.25, 0.3) is 0 Å². The first-order valence-electron chi connectivity index (χ1n) is 4.45. The van der Waals surface area contributed by atoms with E-state index in [0.717, 1.165) is 0 Å². The second-order valence-corrected chi connectivity index (χ2v) is 2.90. The molecule has 0 heterocycles. The Kier molecular flexibility index (Phi) is 3.40. The van der Waals surface area contributed by atoms with Crippen LogP contribution in [-0.2, 0) is 4.79 Å². The zero-order chi connectivity index (χ0) is 10.6. The van der Waals surface area contributed by atoms with Crippen molar-refractivity contribution in [1.29, 1.82) is 0 Å². The van der Waals surface area contributed by atoms with Crippen LogP contribution in [0.5, 0.6) is 5.75 Å². The molecular formula is C11H12O3. The lowest BCUT2D eigenvalue weighted by Crippen LogP contribution is -2.03. The molecule has 0 aliphatic carbocycles. The number of esters is 1. The van der Waals surface area contributed by atoms with Gasteiger partial charge in [0.25, 0.3) is 0 Å². The Morgan fingerprint density at radius 3 is 2.64 bits per heavy atom. The third-order valence-corrected chi connectivity index (χ3v) is 1.74. The number of carbonyl (C=O) groups is 2. The van der Waals surface area contributed by atoms with E-state index >= 15 is 0 Å². The molecule has 0 N–H and O–H groups in total. The molecule has 1 aromatic carbocycles. The van der Waals surface area contributed by atoms with Gasteiger partial charge < -0.3 is 4.74 Å². The third kappa shape index (κ3) is 2.69. The molecule has 74 valence electrons. The lowest BCUT2D eigenvalue weighted by Gasteiger charge is -2.02. The van der Waals surface area contributed by atoms with Crippen molar-refractivity contribution >= 4 is 11.8 Å². The molecule has 0 saturated heterocycles. The maximum absolute atomic E-state index is 11.3. The summed E-state index contributed by atoms with van der Waals surface area (Å²) in [7, 11) is 0. The summed E-state index contributed by atoms with van der Waals surface area (Å²) < 4.78 is 4.86. The van der Waals surface area contributed by atoms with E-state index in [2.05, 4.69) is 0 Å². The highest BCUT2D eigenvalue weighted by atomic mass is 16.5. The van der Waals surface area contributed by atoms with Gasteiger partial charge in [-0.15, -0.1) is 0 Å². The Bertz CT molecular complexity index is 355. The molecule has 0 bridgehead atoms. The zero-order valence-electron chi connectivity index (χ0n) is 8.24. The summed E-state index contributed by atoms with van der Waals surface area (Å²) in [6.07, 6.45) is 0.448. The largest absolute Gasteiger partial charge is 0.427 e. The van der Waals surface area contributed by atoms with Crippen LogP contribution in [0.15, 0.2) is 24.3 Å². The maximum Gasteiger partial charge on any atom is 0.308 e. The van der Waals surface area contributed by atoms with E-state index in [1.165, 1.54) is 6.92 Å². The van der Waals surface area contributed by atoms with Crippen LogP contribution in [0.1, 0.15) is 30.6 Å². The van der Waals surface area contributed by atoms with Crippen molar-refractivity contribution in [3.63, 3.8) is 0 Å². The molecule has 1 aromatic rings. The minimum Gasteiger partial charge on any atom is -0.427 e. The van der Waals surface area contributed by atoms with Gasteiger partial charge in [0, 0.05) is 18.9 Å². The summed E-state index contributed by atoms with van der Waals surface area (Å²) in [6, 6.07) is 6.63. The first kappa shape index (κ1) is 10.4. The van der Waals surface area contributed by atoms with Crippen LogP contribution < -0.4 is 4.74 Å². The van der Waals surface area contributed by atoms with Gasteiger partial charge in [-0.05, 0) is 12.1 Å². The molecule has 0 aliphatic rings. The van der Waals surface area contributed by atoms with Crippen molar-refractivity contribution in [1.82, 2.24) is 0 Å². The molecule has 0 fully saturated rings. The van der Waals surface area contributed by atoms with E-state index in [9.17, 15) is 9.59 Å².